The number of hydrogen-bond donors (Lipinski definition) is 1. The van der Waals surface area contributed by atoms with E-state index in [0.29, 0.717) is 21.9 Å². The number of aromatic nitrogens is 2. The molecular weight excluding hydrogens is 454 g/mol. The van der Waals surface area contributed by atoms with Crippen LogP contribution >= 0.6 is 35.3 Å². The van der Waals surface area contributed by atoms with Crippen molar-refractivity contribution < 1.29 is 18.7 Å². The van der Waals surface area contributed by atoms with Crippen LogP contribution in [0.3, 0.4) is 0 Å². The van der Waals surface area contributed by atoms with E-state index in [4.69, 9.17) is 9.15 Å². The summed E-state index contributed by atoms with van der Waals surface area (Å²) in [5.41, 5.74) is 2.87. The Bertz CT molecular complexity index is 1070. The van der Waals surface area contributed by atoms with Crippen molar-refractivity contribution in [3.8, 4) is 0 Å². The molecule has 0 aliphatic carbocycles. The predicted octanol–water partition coefficient (Wildman–Crippen LogP) is 5.27. The number of benzene rings is 1. The number of rotatable bonds is 9. The minimum absolute atomic E-state index is 0.112. The number of hydrogen-bond acceptors (Lipinski definition) is 9. The van der Waals surface area contributed by atoms with Crippen molar-refractivity contribution in [2.45, 2.75) is 35.9 Å². The first-order valence-corrected chi connectivity index (χ1v) is 12.6. The van der Waals surface area contributed by atoms with Gasteiger partial charge in [-0.15, -0.1) is 23.5 Å². The molecule has 0 saturated carbocycles. The Hall–Kier alpha value is -2.17. The fraction of sp³-hybridized carbons (Fsp3) is 0.333. The molecule has 164 valence electrons. The molecule has 1 aromatic carbocycles. The summed E-state index contributed by atoms with van der Waals surface area (Å²) in [4.78, 5) is 34.6. The number of methoxy groups -OCH3 is 1. The van der Waals surface area contributed by atoms with Gasteiger partial charge in [0.1, 0.15) is 16.1 Å². The first kappa shape index (κ1) is 23.5. The third-order valence-electron chi connectivity index (χ3n) is 4.05. The van der Waals surface area contributed by atoms with Crippen molar-refractivity contribution in [2.75, 3.05) is 29.7 Å². The maximum absolute atomic E-state index is 12.7. The second-order valence-corrected chi connectivity index (χ2v) is 9.76. The molecule has 0 radical (unpaired) electrons. The lowest BCUT2D eigenvalue weighted by molar-refractivity contribution is -0.113. The highest BCUT2D eigenvalue weighted by atomic mass is 32.2. The average Bonchev–Trinajstić information content (AvgIpc) is 3.17. The van der Waals surface area contributed by atoms with Crippen LogP contribution in [0.15, 0.2) is 43.8 Å². The van der Waals surface area contributed by atoms with Crippen LogP contribution in [0.25, 0.3) is 11.1 Å². The number of thioether (sulfide) groups is 3. The Morgan fingerprint density at radius 1 is 1.13 bits per heavy atom. The summed E-state index contributed by atoms with van der Waals surface area (Å²) >= 11 is 4.44. The molecule has 0 spiro atoms. The molecule has 0 fully saturated rings. The molecule has 1 N–H and O–H groups in total. The Labute approximate surface area is 193 Å². The fourth-order valence-electron chi connectivity index (χ4n) is 2.81. The number of amides is 1. The van der Waals surface area contributed by atoms with Gasteiger partial charge in [0.15, 0.2) is 5.58 Å². The van der Waals surface area contributed by atoms with E-state index < -0.39 is 5.97 Å². The Kier molecular flexibility index (Phi) is 8.28. The SMILES string of the molecule is CCSc1cc(C)nc(SCC)c1NC(=O)CSc1nc2cccc(C(=O)OC)c2o1. The second kappa shape index (κ2) is 10.9. The fourth-order valence-corrected chi connectivity index (χ4v) is 5.15. The highest BCUT2D eigenvalue weighted by Crippen LogP contribution is 2.36. The Balaban J connectivity index is 1.76. The first-order chi connectivity index (χ1) is 15.0. The van der Waals surface area contributed by atoms with Crippen LogP contribution in [0.5, 0.6) is 0 Å². The normalized spacial score (nSPS) is 11.0. The van der Waals surface area contributed by atoms with E-state index in [1.165, 1.54) is 18.9 Å². The zero-order valence-corrected chi connectivity index (χ0v) is 20.1. The van der Waals surface area contributed by atoms with Crippen LogP contribution in [0.1, 0.15) is 29.9 Å². The van der Waals surface area contributed by atoms with E-state index in [0.717, 1.165) is 32.8 Å². The molecule has 3 aromatic rings. The molecule has 1 amide bonds. The number of anilines is 1. The number of pyridine rings is 1. The van der Waals surface area contributed by atoms with Crippen LogP contribution in [-0.2, 0) is 9.53 Å². The van der Waals surface area contributed by atoms with E-state index in [1.807, 2.05) is 13.0 Å². The number of carbonyl (C=O) groups excluding carboxylic acids is 2. The molecule has 7 nitrogen and oxygen atoms in total. The number of nitrogens with zero attached hydrogens (tertiary/aromatic N) is 2. The molecule has 2 aromatic heterocycles. The lowest BCUT2D eigenvalue weighted by Crippen LogP contribution is -2.16. The average molecular weight is 478 g/mol. The molecule has 0 atom stereocenters. The summed E-state index contributed by atoms with van der Waals surface area (Å²) in [5, 5.41) is 4.15. The van der Waals surface area contributed by atoms with Crippen molar-refractivity contribution >= 4 is 63.9 Å². The van der Waals surface area contributed by atoms with Gasteiger partial charge in [-0.1, -0.05) is 31.7 Å². The number of esters is 1. The Morgan fingerprint density at radius 3 is 2.61 bits per heavy atom. The molecule has 0 unspecified atom stereocenters. The van der Waals surface area contributed by atoms with E-state index in [9.17, 15) is 9.59 Å². The lowest BCUT2D eigenvalue weighted by atomic mass is 10.2. The van der Waals surface area contributed by atoms with Gasteiger partial charge in [0, 0.05) is 10.6 Å². The van der Waals surface area contributed by atoms with Gasteiger partial charge in [-0.05, 0) is 36.6 Å². The van der Waals surface area contributed by atoms with Crippen molar-refractivity contribution in [1.82, 2.24) is 9.97 Å². The molecule has 0 aliphatic rings. The molecule has 2 heterocycles. The van der Waals surface area contributed by atoms with Gasteiger partial charge in [-0.2, -0.15) is 0 Å². The van der Waals surface area contributed by atoms with Crippen LogP contribution < -0.4 is 5.32 Å². The third kappa shape index (κ3) is 5.75. The third-order valence-corrected chi connectivity index (χ3v) is 6.66. The molecule has 0 bridgehead atoms. The van der Waals surface area contributed by atoms with Crippen molar-refractivity contribution in [1.29, 1.82) is 0 Å². The smallest absolute Gasteiger partial charge is 0.341 e. The molecular formula is C21H23N3O4S3. The van der Waals surface area contributed by atoms with E-state index >= 15 is 0 Å². The number of carbonyl (C=O) groups is 2. The number of ether oxygens (including phenoxy) is 1. The van der Waals surface area contributed by atoms with Crippen LogP contribution in [0.2, 0.25) is 0 Å². The van der Waals surface area contributed by atoms with Crippen LogP contribution in [-0.4, -0.2) is 46.2 Å². The van der Waals surface area contributed by atoms with E-state index in [-0.39, 0.29) is 11.7 Å². The summed E-state index contributed by atoms with van der Waals surface area (Å²) in [7, 11) is 1.31. The van der Waals surface area contributed by atoms with Crippen LogP contribution in [0.4, 0.5) is 5.69 Å². The summed E-state index contributed by atoms with van der Waals surface area (Å²) in [6.07, 6.45) is 0. The van der Waals surface area contributed by atoms with Gasteiger partial charge in [0.25, 0.3) is 5.22 Å². The minimum atomic E-state index is -0.496. The van der Waals surface area contributed by atoms with Gasteiger partial charge in [-0.25, -0.2) is 14.8 Å². The Morgan fingerprint density at radius 2 is 1.90 bits per heavy atom. The van der Waals surface area contributed by atoms with Gasteiger partial charge in [0.2, 0.25) is 5.91 Å². The lowest BCUT2D eigenvalue weighted by Gasteiger charge is -2.14. The number of fused-ring (bicyclic) bond motifs is 1. The quantitative estimate of drug-likeness (QED) is 0.326. The first-order valence-electron chi connectivity index (χ1n) is 9.64. The minimum Gasteiger partial charge on any atom is -0.465 e. The number of para-hydroxylation sites is 1. The summed E-state index contributed by atoms with van der Waals surface area (Å²) in [5.74, 6) is 1.19. The van der Waals surface area contributed by atoms with Gasteiger partial charge in [0.05, 0.1) is 18.6 Å². The van der Waals surface area contributed by atoms with E-state index in [1.54, 1.807) is 41.7 Å². The molecule has 31 heavy (non-hydrogen) atoms. The molecule has 3 rings (SSSR count). The topological polar surface area (TPSA) is 94.3 Å². The summed E-state index contributed by atoms with van der Waals surface area (Å²) in [6, 6.07) is 7.06. The zero-order valence-electron chi connectivity index (χ0n) is 17.7. The van der Waals surface area contributed by atoms with Crippen LogP contribution in [0, 0.1) is 6.92 Å². The standard InChI is InChI=1S/C21H23N3O4S3/c1-5-29-15-10-12(3)22-19(30-6-2)17(15)24-16(25)11-31-21-23-14-9-7-8-13(18(14)28-21)20(26)27-4/h7-10H,5-6,11H2,1-4H3,(H,24,25). The summed E-state index contributed by atoms with van der Waals surface area (Å²) < 4.78 is 10.5. The maximum atomic E-state index is 12.7. The zero-order chi connectivity index (χ0) is 22.4. The largest absolute Gasteiger partial charge is 0.465 e. The highest BCUT2D eigenvalue weighted by molar-refractivity contribution is 8.00. The van der Waals surface area contributed by atoms with E-state index in [2.05, 4.69) is 29.1 Å². The number of aryl methyl sites for hydroxylation is 1. The van der Waals surface area contributed by atoms with Crippen molar-refractivity contribution in [3.05, 3.63) is 35.5 Å². The highest BCUT2D eigenvalue weighted by Gasteiger charge is 2.18. The van der Waals surface area contributed by atoms with Crippen molar-refractivity contribution in [3.63, 3.8) is 0 Å². The molecule has 0 saturated heterocycles. The van der Waals surface area contributed by atoms with Gasteiger partial charge >= 0.3 is 5.97 Å². The number of oxazole rings is 1. The van der Waals surface area contributed by atoms with Crippen molar-refractivity contribution in [2.24, 2.45) is 0 Å². The maximum Gasteiger partial charge on any atom is 0.341 e. The molecule has 10 heteroatoms. The van der Waals surface area contributed by atoms with Gasteiger partial charge < -0.3 is 14.5 Å². The monoisotopic (exact) mass is 477 g/mol. The summed E-state index contributed by atoms with van der Waals surface area (Å²) in [6.45, 7) is 6.08. The molecule has 0 aliphatic heterocycles. The van der Waals surface area contributed by atoms with Gasteiger partial charge in [-0.3, -0.25) is 4.79 Å². The predicted molar refractivity (Wildman–Crippen MR) is 126 cm³/mol. The second-order valence-electron chi connectivity index (χ2n) is 6.27. The number of nitrogens with one attached hydrogen (secondary N) is 1.